The summed E-state index contributed by atoms with van der Waals surface area (Å²) in [6.07, 6.45) is -2.19. The molecule has 5 nitrogen and oxygen atoms in total. The molecule has 1 saturated heterocycles. The van der Waals surface area contributed by atoms with Crippen LogP contribution in [0.2, 0.25) is 0 Å². The van der Waals surface area contributed by atoms with Crippen LogP contribution in [0.5, 0.6) is 0 Å². The molecular formula is C14H15F3N4OS. The van der Waals surface area contributed by atoms with Gasteiger partial charge in [0.15, 0.2) is 0 Å². The number of alkyl halides is 3. The average molecular weight is 344 g/mol. The van der Waals surface area contributed by atoms with E-state index in [9.17, 15) is 18.0 Å². The molecule has 0 aromatic carbocycles. The summed E-state index contributed by atoms with van der Waals surface area (Å²) in [5.74, 6) is -0.777. The second-order valence-corrected chi connectivity index (χ2v) is 6.37. The Morgan fingerprint density at radius 3 is 2.78 bits per heavy atom. The van der Waals surface area contributed by atoms with E-state index in [-0.39, 0.29) is 19.0 Å². The Labute approximate surface area is 134 Å². The molecule has 1 aliphatic rings. The van der Waals surface area contributed by atoms with Gasteiger partial charge in [0, 0.05) is 19.6 Å². The maximum absolute atomic E-state index is 12.4. The monoisotopic (exact) mass is 344 g/mol. The van der Waals surface area contributed by atoms with Gasteiger partial charge in [-0.1, -0.05) is 0 Å². The lowest BCUT2D eigenvalue weighted by atomic mass is 9.96. The minimum absolute atomic E-state index is 0.141. The number of piperidine rings is 1. The number of fused-ring (bicyclic) bond motifs is 1. The smallest absolute Gasteiger partial charge is 0.369 e. The number of anilines is 1. The number of thiophene rings is 1. The van der Waals surface area contributed by atoms with Crippen LogP contribution in [-0.4, -0.2) is 46.6 Å². The molecule has 124 valence electrons. The summed E-state index contributed by atoms with van der Waals surface area (Å²) in [4.78, 5) is 21.4. The van der Waals surface area contributed by atoms with Gasteiger partial charge < -0.3 is 10.2 Å². The van der Waals surface area contributed by atoms with E-state index in [1.807, 2.05) is 11.4 Å². The normalized spacial score (nSPS) is 16.7. The number of hydrogen-bond donors (Lipinski definition) is 1. The molecule has 1 amide bonds. The molecule has 0 spiro atoms. The maximum atomic E-state index is 12.4. The fraction of sp³-hybridized carbons (Fsp3) is 0.500. The first-order valence-electron chi connectivity index (χ1n) is 7.23. The van der Waals surface area contributed by atoms with Crippen molar-refractivity contribution in [1.29, 1.82) is 0 Å². The molecule has 3 heterocycles. The van der Waals surface area contributed by atoms with Crippen molar-refractivity contribution in [3.63, 3.8) is 0 Å². The number of nitrogens with one attached hydrogen (secondary N) is 1. The van der Waals surface area contributed by atoms with Crippen molar-refractivity contribution in [2.45, 2.75) is 19.0 Å². The van der Waals surface area contributed by atoms with Crippen molar-refractivity contribution in [2.24, 2.45) is 5.92 Å². The SMILES string of the molecule is O=C(N1CCC(CNc2ncnc3sccc23)CC1)C(F)(F)F. The molecule has 23 heavy (non-hydrogen) atoms. The zero-order chi connectivity index (χ0) is 16.4. The number of nitrogens with zero attached hydrogens (tertiary/aromatic N) is 3. The number of carbonyl (C=O) groups is 1. The quantitative estimate of drug-likeness (QED) is 0.930. The van der Waals surface area contributed by atoms with Crippen LogP contribution in [0.15, 0.2) is 17.8 Å². The van der Waals surface area contributed by atoms with Crippen LogP contribution in [0.4, 0.5) is 19.0 Å². The molecule has 1 N–H and O–H groups in total. The fourth-order valence-corrected chi connectivity index (χ4v) is 3.42. The Morgan fingerprint density at radius 1 is 1.35 bits per heavy atom. The Hall–Kier alpha value is -1.90. The first-order chi connectivity index (χ1) is 10.9. The third-order valence-electron chi connectivity index (χ3n) is 3.96. The highest BCUT2D eigenvalue weighted by Crippen LogP contribution is 2.26. The van der Waals surface area contributed by atoms with Gasteiger partial charge in [-0.15, -0.1) is 11.3 Å². The molecule has 3 rings (SSSR count). The van der Waals surface area contributed by atoms with Gasteiger partial charge in [0.2, 0.25) is 0 Å². The van der Waals surface area contributed by atoms with Gasteiger partial charge in [0.05, 0.1) is 5.39 Å². The summed E-state index contributed by atoms with van der Waals surface area (Å²) < 4.78 is 37.2. The van der Waals surface area contributed by atoms with E-state index >= 15 is 0 Å². The van der Waals surface area contributed by atoms with Crippen molar-refractivity contribution < 1.29 is 18.0 Å². The number of hydrogen-bond acceptors (Lipinski definition) is 5. The number of halogens is 3. The maximum Gasteiger partial charge on any atom is 0.471 e. The van der Waals surface area contributed by atoms with Gasteiger partial charge in [-0.05, 0) is 30.2 Å². The summed E-state index contributed by atoms with van der Waals surface area (Å²) in [5.41, 5.74) is 0. The molecule has 1 fully saturated rings. The Morgan fingerprint density at radius 2 is 2.09 bits per heavy atom. The predicted molar refractivity (Wildman–Crippen MR) is 81.3 cm³/mol. The molecular weight excluding hydrogens is 329 g/mol. The molecule has 0 atom stereocenters. The van der Waals surface area contributed by atoms with E-state index in [2.05, 4.69) is 15.3 Å². The van der Waals surface area contributed by atoms with E-state index in [0.29, 0.717) is 19.4 Å². The minimum atomic E-state index is -4.78. The molecule has 0 aliphatic carbocycles. The van der Waals surface area contributed by atoms with Crippen LogP contribution in [0.1, 0.15) is 12.8 Å². The lowest BCUT2D eigenvalue weighted by molar-refractivity contribution is -0.186. The van der Waals surface area contributed by atoms with Crippen LogP contribution in [0.25, 0.3) is 10.2 Å². The highest BCUT2D eigenvalue weighted by molar-refractivity contribution is 7.16. The van der Waals surface area contributed by atoms with Gasteiger partial charge in [-0.2, -0.15) is 13.2 Å². The number of carbonyl (C=O) groups excluding carboxylic acids is 1. The third-order valence-corrected chi connectivity index (χ3v) is 4.78. The van der Waals surface area contributed by atoms with Crippen LogP contribution in [0, 0.1) is 5.92 Å². The fourth-order valence-electron chi connectivity index (χ4n) is 2.69. The largest absolute Gasteiger partial charge is 0.471 e. The van der Waals surface area contributed by atoms with Gasteiger partial charge in [0.1, 0.15) is 17.0 Å². The van der Waals surface area contributed by atoms with Crippen LogP contribution in [-0.2, 0) is 4.79 Å². The summed E-state index contributed by atoms with van der Waals surface area (Å²) in [7, 11) is 0. The molecule has 9 heteroatoms. The van der Waals surface area contributed by atoms with Crippen LogP contribution >= 0.6 is 11.3 Å². The first kappa shape index (κ1) is 16.0. The lowest BCUT2D eigenvalue weighted by Crippen LogP contribution is -2.46. The standard InChI is InChI=1S/C14H15F3N4OS/c15-14(16,17)13(22)21-4-1-9(2-5-21)7-18-11-10-3-6-23-12(10)20-8-19-11/h3,6,8-9H,1-2,4-5,7H2,(H,18,19,20). The van der Waals surface area contributed by atoms with Crippen molar-refractivity contribution in [2.75, 3.05) is 25.0 Å². The predicted octanol–water partition coefficient (Wildman–Crippen LogP) is 2.90. The van der Waals surface area contributed by atoms with E-state index < -0.39 is 12.1 Å². The van der Waals surface area contributed by atoms with Crippen molar-refractivity contribution in [1.82, 2.24) is 14.9 Å². The molecule has 0 bridgehead atoms. The lowest BCUT2D eigenvalue weighted by Gasteiger charge is -2.32. The number of likely N-dealkylation sites (tertiary alicyclic amines) is 1. The third kappa shape index (κ3) is 3.54. The zero-order valence-corrected chi connectivity index (χ0v) is 13.0. The Kier molecular flexibility index (Phi) is 4.38. The number of amides is 1. The number of rotatable bonds is 3. The minimum Gasteiger partial charge on any atom is -0.369 e. The average Bonchev–Trinajstić information content (AvgIpc) is 3.01. The van der Waals surface area contributed by atoms with Gasteiger partial charge in [0.25, 0.3) is 0 Å². The summed E-state index contributed by atoms with van der Waals surface area (Å²) in [6.45, 7) is 0.903. The highest BCUT2D eigenvalue weighted by atomic mass is 32.1. The van der Waals surface area contributed by atoms with Crippen molar-refractivity contribution >= 4 is 33.3 Å². The highest BCUT2D eigenvalue weighted by Gasteiger charge is 2.43. The Bertz CT molecular complexity index is 695. The number of aromatic nitrogens is 2. The van der Waals surface area contributed by atoms with Crippen LogP contribution < -0.4 is 5.32 Å². The molecule has 0 unspecified atom stereocenters. The van der Waals surface area contributed by atoms with Gasteiger partial charge in [-0.25, -0.2) is 9.97 Å². The van der Waals surface area contributed by atoms with E-state index in [1.54, 1.807) is 0 Å². The zero-order valence-electron chi connectivity index (χ0n) is 12.1. The van der Waals surface area contributed by atoms with Gasteiger partial charge in [-0.3, -0.25) is 4.79 Å². The van der Waals surface area contributed by atoms with E-state index in [4.69, 9.17) is 0 Å². The molecule has 2 aromatic heterocycles. The van der Waals surface area contributed by atoms with E-state index in [1.165, 1.54) is 17.7 Å². The molecule has 2 aromatic rings. The summed E-state index contributed by atoms with van der Waals surface area (Å²) >= 11 is 1.53. The first-order valence-corrected chi connectivity index (χ1v) is 8.11. The molecule has 0 saturated carbocycles. The van der Waals surface area contributed by atoms with E-state index in [0.717, 1.165) is 20.9 Å². The van der Waals surface area contributed by atoms with Gasteiger partial charge >= 0.3 is 12.1 Å². The van der Waals surface area contributed by atoms with Crippen LogP contribution in [0.3, 0.4) is 0 Å². The Balaban J connectivity index is 1.53. The topological polar surface area (TPSA) is 58.1 Å². The summed E-state index contributed by atoms with van der Waals surface area (Å²) in [6, 6.07) is 1.94. The summed E-state index contributed by atoms with van der Waals surface area (Å²) in [5, 5.41) is 6.13. The van der Waals surface area contributed by atoms with Crippen molar-refractivity contribution in [3.05, 3.63) is 17.8 Å². The van der Waals surface area contributed by atoms with Crippen molar-refractivity contribution in [3.8, 4) is 0 Å². The second-order valence-electron chi connectivity index (χ2n) is 5.48. The molecule has 1 aliphatic heterocycles. The molecule has 0 radical (unpaired) electrons. The second kappa shape index (κ2) is 6.31.